The minimum Gasteiger partial charge on any atom is -0.507 e. The highest BCUT2D eigenvalue weighted by atomic mass is 32.2. The minimum atomic E-state index is -0.289. The molecule has 2 aromatic rings. The van der Waals surface area contributed by atoms with Gasteiger partial charge in [0.1, 0.15) is 23.0 Å². The van der Waals surface area contributed by atoms with E-state index in [1.165, 1.54) is 0 Å². The fourth-order valence-corrected chi connectivity index (χ4v) is 6.06. The first-order chi connectivity index (χ1) is 20.5. The molecule has 0 saturated carbocycles. The molecule has 2 rings (SSSR count). The van der Waals surface area contributed by atoms with Crippen molar-refractivity contribution in [3.8, 4) is 23.0 Å². The number of aromatic hydroxyl groups is 2. The van der Waals surface area contributed by atoms with Crippen molar-refractivity contribution >= 4 is 23.7 Å². The fourth-order valence-electron chi connectivity index (χ4n) is 5.03. The zero-order chi connectivity index (χ0) is 34.4. The lowest BCUT2D eigenvalue weighted by Crippen LogP contribution is -2.18. The molecule has 2 N–H and O–H groups in total. The number of thioether (sulfide) groups is 1. The molecule has 0 spiro atoms. The molecule has 0 radical (unpaired) electrons. The molecular formula is C38H58O6S. The van der Waals surface area contributed by atoms with Crippen LogP contribution in [0.5, 0.6) is 23.0 Å². The lowest BCUT2D eigenvalue weighted by atomic mass is 9.79. The van der Waals surface area contributed by atoms with E-state index in [1.54, 1.807) is 24.3 Å². The van der Waals surface area contributed by atoms with E-state index in [9.17, 15) is 19.8 Å². The second-order valence-corrected chi connectivity index (χ2v) is 17.4. The monoisotopic (exact) mass is 642 g/mol. The highest BCUT2D eigenvalue weighted by Crippen LogP contribution is 2.43. The Kier molecular flexibility index (Phi) is 13.1. The van der Waals surface area contributed by atoms with Crippen LogP contribution >= 0.6 is 11.8 Å². The summed E-state index contributed by atoms with van der Waals surface area (Å²) in [7, 11) is 0. The molecule has 7 heteroatoms. The van der Waals surface area contributed by atoms with Crippen LogP contribution in [-0.4, -0.2) is 33.7 Å². The Morgan fingerprint density at radius 3 is 1.04 bits per heavy atom. The molecule has 0 atom stereocenters. The molecular weight excluding hydrogens is 584 g/mol. The standard InChI is InChI=1S/C38H58O6S/c1-35(2,3)27-21-25(22-28(33(27)41)36(4,5)6)43-31(39)17-13-15-19-45-20-16-14-18-32(40)44-26-23-29(37(7,8)9)34(42)30(24-26)38(10,11)12/h21-24,41-42H,13-20H2,1-12H3. The van der Waals surface area contributed by atoms with Gasteiger partial charge in [-0.15, -0.1) is 0 Å². The first kappa shape index (κ1) is 38.5. The maximum Gasteiger partial charge on any atom is 0.311 e. The number of carbonyl (C=O) groups is 2. The van der Waals surface area contributed by atoms with E-state index in [2.05, 4.69) is 0 Å². The van der Waals surface area contributed by atoms with E-state index in [-0.39, 0.29) is 45.1 Å². The Hall–Kier alpha value is -2.67. The van der Waals surface area contributed by atoms with Gasteiger partial charge in [-0.3, -0.25) is 9.59 Å². The second kappa shape index (κ2) is 15.3. The maximum atomic E-state index is 12.6. The lowest BCUT2D eigenvalue weighted by molar-refractivity contribution is -0.135. The molecule has 0 fully saturated rings. The van der Waals surface area contributed by atoms with Crippen LogP contribution in [0.1, 0.15) is 144 Å². The lowest BCUT2D eigenvalue weighted by Gasteiger charge is -2.28. The van der Waals surface area contributed by atoms with Crippen molar-refractivity contribution in [3.63, 3.8) is 0 Å². The molecule has 0 bridgehead atoms. The van der Waals surface area contributed by atoms with E-state index >= 15 is 0 Å². The third kappa shape index (κ3) is 11.9. The van der Waals surface area contributed by atoms with Gasteiger partial charge >= 0.3 is 11.9 Å². The predicted octanol–water partition coefficient (Wildman–Crippen LogP) is 9.87. The van der Waals surface area contributed by atoms with Crippen LogP contribution in [0.2, 0.25) is 0 Å². The number of benzene rings is 2. The Labute approximate surface area is 276 Å². The third-order valence-electron chi connectivity index (χ3n) is 7.70. The van der Waals surface area contributed by atoms with Crippen LogP contribution in [-0.2, 0) is 31.2 Å². The molecule has 0 heterocycles. The molecule has 0 amide bonds. The quantitative estimate of drug-likeness (QED) is 0.135. The molecule has 0 aliphatic rings. The van der Waals surface area contributed by atoms with Gasteiger partial charge in [0.15, 0.2) is 0 Å². The van der Waals surface area contributed by atoms with E-state index in [0.717, 1.165) is 59.4 Å². The zero-order valence-corrected chi connectivity index (χ0v) is 30.7. The smallest absolute Gasteiger partial charge is 0.311 e. The Morgan fingerprint density at radius 2 is 0.800 bits per heavy atom. The summed E-state index contributed by atoms with van der Waals surface area (Å²) in [6, 6.07) is 7.13. The van der Waals surface area contributed by atoms with Crippen LogP contribution in [0.25, 0.3) is 0 Å². The van der Waals surface area contributed by atoms with Gasteiger partial charge in [-0.2, -0.15) is 11.8 Å². The van der Waals surface area contributed by atoms with Crippen molar-refractivity contribution in [1.29, 1.82) is 0 Å². The van der Waals surface area contributed by atoms with Gasteiger partial charge in [0, 0.05) is 35.1 Å². The number of hydrogen-bond acceptors (Lipinski definition) is 7. The average Bonchev–Trinajstić information content (AvgIpc) is 2.86. The summed E-state index contributed by atoms with van der Waals surface area (Å²) in [5, 5.41) is 21.8. The third-order valence-corrected chi connectivity index (χ3v) is 8.86. The van der Waals surface area contributed by atoms with Crippen LogP contribution in [0.4, 0.5) is 0 Å². The van der Waals surface area contributed by atoms with Gasteiger partial charge in [0.2, 0.25) is 0 Å². The van der Waals surface area contributed by atoms with Gasteiger partial charge in [-0.1, -0.05) is 83.1 Å². The number of carbonyl (C=O) groups excluding carboxylic acids is 2. The predicted molar refractivity (Wildman–Crippen MR) is 187 cm³/mol. The number of ether oxygens (including phenoxy) is 2. The van der Waals surface area contributed by atoms with Crippen LogP contribution in [0, 0.1) is 0 Å². The van der Waals surface area contributed by atoms with Crippen molar-refractivity contribution in [2.45, 2.75) is 143 Å². The van der Waals surface area contributed by atoms with Crippen molar-refractivity contribution in [2.24, 2.45) is 0 Å². The Balaban J connectivity index is 1.75. The van der Waals surface area contributed by atoms with Crippen LogP contribution in [0.3, 0.4) is 0 Å². The van der Waals surface area contributed by atoms with E-state index in [1.807, 2.05) is 94.8 Å². The average molecular weight is 643 g/mol. The van der Waals surface area contributed by atoms with Crippen molar-refractivity contribution in [1.82, 2.24) is 0 Å². The van der Waals surface area contributed by atoms with Gasteiger partial charge in [-0.05, 0) is 83.1 Å². The van der Waals surface area contributed by atoms with Gasteiger partial charge in [0.05, 0.1) is 0 Å². The van der Waals surface area contributed by atoms with Crippen LogP contribution < -0.4 is 9.47 Å². The van der Waals surface area contributed by atoms with Crippen molar-refractivity contribution in [2.75, 3.05) is 11.5 Å². The van der Waals surface area contributed by atoms with Gasteiger partial charge < -0.3 is 19.7 Å². The first-order valence-electron chi connectivity index (χ1n) is 16.3. The molecule has 252 valence electrons. The number of rotatable bonds is 12. The summed E-state index contributed by atoms with van der Waals surface area (Å²) in [6.45, 7) is 24.4. The molecule has 0 saturated heterocycles. The normalized spacial score (nSPS) is 12.7. The summed E-state index contributed by atoms with van der Waals surface area (Å²) in [6.07, 6.45) is 3.99. The molecule has 0 aliphatic heterocycles. The van der Waals surface area contributed by atoms with E-state index in [4.69, 9.17) is 9.47 Å². The fraction of sp³-hybridized carbons (Fsp3) is 0.632. The Morgan fingerprint density at radius 1 is 0.533 bits per heavy atom. The van der Waals surface area contributed by atoms with Crippen LogP contribution in [0.15, 0.2) is 24.3 Å². The molecule has 45 heavy (non-hydrogen) atoms. The summed E-state index contributed by atoms with van der Waals surface area (Å²) in [4.78, 5) is 25.2. The number of esters is 2. The molecule has 6 nitrogen and oxygen atoms in total. The van der Waals surface area contributed by atoms with E-state index < -0.39 is 0 Å². The maximum absolute atomic E-state index is 12.6. The van der Waals surface area contributed by atoms with Crippen molar-refractivity contribution < 1.29 is 29.3 Å². The molecule has 0 aliphatic carbocycles. The van der Waals surface area contributed by atoms with Gasteiger partial charge in [0.25, 0.3) is 0 Å². The summed E-state index contributed by atoms with van der Waals surface area (Å²) >= 11 is 1.83. The zero-order valence-electron chi connectivity index (χ0n) is 29.9. The number of phenolic OH excluding ortho intramolecular Hbond substituents is 2. The minimum absolute atomic E-state index is 0.262. The Bertz CT molecular complexity index is 1140. The second-order valence-electron chi connectivity index (χ2n) is 16.2. The largest absolute Gasteiger partial charge is 0.507 e. The number of unbranched alkanes of at least 4 members (excludes halogenated alkanes) is 2. The number of phenols is 2. The van der Waals surface area contributed by atoms with Crippen molar-refractivity contribution in [3.05, 3.63) is 46.5 Å². The number of hydrogen-bond donors (Lipinski definition) is 2. The summed E-state index contributed by atoms with van der Waals surface area (Å²) in [5.41, 5.74) is 1.93. The van der Waals surface area contributed by atoms with Gasteiger partial charge in [-0.25, -0.2) is 0 Å². The summed E-state index contributed by atoms with van der Waals surface area (Å²) in [5.74, 6) is 2.86. The topological polar surface area (TPSA) is 93.1 Å². The highest BCUT2D eigenvalue weighted by molar-refractivity contribution is 7.99. The molecule has 2 aromatic carbocycles. The first-order valence-corrected chi connectivity index (χ1v) is 17.4. The molecule has 0 aromatic heterocycles. The summed E-state index contributed by atoms with van der Waals surface area (Å²) < 4.78 is 11.4. The molecule has 0 unspecified atom stereocenters. The van der Waals surface area contributed by atoms with E-state index in [0.29, 0.717) is 24.3 Å². The highest BCUT2D eigenvalue weighted by Gasteiger charge is 2.29. The SMILES string of the molecule is CC(C)(C)c1cc(OC(=O)CCCCSCCCCC(=O)Oc2cc(C(C)(C)C)c(O)c(C(C)(C)C)c2)cc(C(C)(C)C)c1O.